The van der Waals surface area contributed by atoms with E-state index in [1.165, 1.54) is 0 Å². The molecule has 0 spiro atoms. The van der Waals surface area contributed by atoms with Crippen molar-refractivity contribution in [3.05, 3.63) is 0 Å². The van der Waals surface area contributed by atoms with E-state index in [2.05, 4.69) is 0 Å². The van der Waals surface area contributed by atoms with Crippen molar-refractivity contribution in [1.29, 1.82) is 0 Å². The summed E-state index contributed by atoms with van der Waals surface area (Å²) in [5.41, 5.74) is 0. The van der Waals surface area contributed by atoms with Crippen LogP contribution in [0.15, 0.2) is 0 Å². The fraction of sp³-hybridized carbons (Fsp3) is 1.00. The minimum absolute atomic E-state index is 0.000000000000000222. The van der Waals surface area contributed by atoms with Gasteiger partial charge in [0.1, 0.15) is 14.0 Å². The molecule has 1 heterocycles. The highest BCUT2D eigenvalue weighted by Gasteiger charge is 2.32. The van der Waals surface area contributed by atoms with E-state index in [4.69, 9.17) is 22.1 Å². The van der Waals surface area contributed by atoms with Crippen molar-refractivity contribution in [3.63, 3.8) is 0 Å². The highest BCUT2D eigenvalue weighted by atomic mass is 16.6. The molecule has 0 N–H and O–H groups in total. The van der Waals surface area contributed by atoms with E-state index in [0.29, 0.717) is 6.61 Å². The lowest BCUT2D eigenvalue weighted by Crippen LogP contribution is -2.27. The van der Waals surface area contributed by atoms with E-state index >= 15 is 0 Å². The predicted octanol–water partition coefficient (Wildman–Crippen LogP) is -0.0687. The topological polar surface area (TPSA) is 27.7 Å². The summed E-state index contributed by atoms with van der Waals surface area (Å²) in [6.45, 7) is 0.548. The van der Waals surface area contributed by atoms with Crippen LogP contribution in [-0.4, -0.2) is 46.9 Å². The number of methoxy groups -OCH3 is 2. The van der Waals surface area contributed by atoms with Crippen molar-refractivity contribution in [3.8, 4) is 0 Å². The van der Waals surface area contributed by atoms with Crippen molar-refractivity contribution in [2.45, 2.75) is 24.6 Å². The molecular formula is C7H13BO3. The van der Waals surface area contributed by atoms with E-state index in [0.717, 1.165) is 6.42 Å². The van der Waals surface area contributed by atoms with Crippen LogP contribution in [0.2, 0.25) is 0 Å². The summed E-state index contributed by atoms with van der Waals surface area (Å²) in [4.78, 5) is 0. The second-order valence-electron chi connectivity index (χ2n) is 2.68. The van der Waals surface area contributed by atoms with Gasteiger partial charge in [-0.15, -0.1) is 0 Å². The van der Waals surface area contributed by atoms with Gasteiger partial charge in [-0.2, -0.15) is 0 Å². The molecule has 1 aliphatic rings. The number of ether oxygens (including phenoxy) is 3. The van der Waals surface area contributed by atoms with Crippen LogP contribution in [0.5, 0.6) is 0 Å². The molecule has 1 unspecified atom stereocenters. The first-order valence-corrected chi connectivity index (χ1v) is 3.70. The molecule has 0 aromatic heterocycles. The van der Waals surface area contributed by atoms with Crippen LogP contribution in [0, 0.1) is 0 Å². The van der Waals surface area contributed by atoms with Crippen LogP contribution in [0.25, 0.3) is 0 Å². The Balaban J connectivity index is 2.37. The maximum absolute atomic E-state index is 5.56. The average molecular weight is 156 g/mol. The Hall–Kier alpha value is -0.0551. The van der Waals surface area contributed by atoms with Gasteiger partial charge < -0.3 is 14.2 Å². The predicted molar refractivity (Wildman–Crippen MR) is 41.7 cm³/mol. The molecular weight excluding hydrogens is 143 g/mol. The summed E-state index contributed by atoms with van der Waals surface area (Å²) >= 11 is 0. The van der Waals surface area contributed by atoms with Crippen molar-refractivity contribution in [1.82, 2.24) is 0 Å². The Kier molecular flexibility index (Phi) is 3.36. The van der Waals surface area contributed by atoms with Crippen molar-refractivity contribution in [2.24, 2.45) is 0 Å². The fourth-order valence-electron chi connectivity index (χ4n) is 1.31. The van der Waals surface area contributed by atoms with Crippen LogP contribution in [0.3, 0.4) is 0 Å². The summed E-state index contributed by atoms with van der Waals surface area (Å²) in [7, 11) is 8.86. The van der Waals surface area contributed by atoms with Gasteiger partial charge in [0.2, 0.25) is 0 Å². The summed E-state index contributed by atoms with van der Waals surface area (Å²) in [6, 6.07) is -0.194. The molecule has 3 nitrogen and oxygen atoms in total. The number of hydrogen-bond acceptors (Lipinski definition) is 3. The van der Waals surface area contributed by atoms with Gasteiger partial charge in [0, 0.05) is 20.2 Å². The Morgan fingerprint density at radius 1 is 1.55 bits per heavy atom. The molecule has 62 valence electrons. The highest BCUT2D eigenvalue weighted by Crippen LogP contribution is 2.20. The lowest BCUT2D eigenvalue weighted by atomic mass is 9.96. The highest BCUT2D eigenvalue weighted by molar-refractivity contribution is 6.11. The van der Waals surface area contributed by atoms with E-state index < -0.39 is 0 Å². The van der Waals surface area contributed by atoms with Gasteiger partial charge in [0.05, 0.1) is 12.7 Å². The summed E-state index contributed by atoms with van der Waals surface area (Å²) < 4.78 is 15.4. The molecule has 4 heteroatoms. The smallest absolute Gasteiger partial charge is 0.109 e. The van der Waals surface area contributed by atoms with Crippen molar-refractivity contribution < 1.29 is 14.2 Å². The molecule has 0 bridgehead atoms. The lowest BCUT2D eigenvalue weighted by Gasteiger charge is -2.15. The largest absolute Gasteiger partial charge is 0.382 e. The lowest BCUT2D eigenvalue weighted by molar-refractivity contribution is -0.0315. The fourth-order valence-corrected chi connectivity index (χ4v) is 1.31. The standard InChI is InChI=1S/C7H13BO3/c1-9-4-6-5(10-2)3-7(8)11-6/h5-7H,3-4H2,1-2H3/t5?,6-,7+/m0/s1. The number of hydrogen-bond donors (Lipinski definition) is 0. The van der Waals surface area contributed by atoms with Crippen LogP contribution in [0.4, 0.5) is 0 Å². The van der Waals surface area contributed by atoms with Crippen LogP contribution >= 0.6 is 0 Å². The zero-order valence-electron chi connectivity index (χ0n) is 6.95. The van der Waals surface area contributed by atoms with Gasteiger partial charge in [-0.3, -0.25) is 0 Å². The molecule has 0 aliphatic carbocycles. The molecule has 2 radical (unpaired) electrons. The van der Waals surface area contributed by atoms with Crippen molar-refractivity contribution in [2.75, 3.05) is 20.8 Å². The van der Waals surface area contributed by atoms with Crippen LogP contribution in [0.1, 0.15) is 6.42 Å². The first kappa shape index (κ1) is 9.04. The number of rotatable bonds is 3. The molecule has 1 fully saturated rings. The van der Waals surface area contributed by atoms with E-state index in [9.17, 15) is 0 Å². The second-order valence-corrected chi connectivity index (χ2v) is 2.68. The van der Waals surface area contributed by atoms with Crippen molar-refractivity contribution >= 4 is 7.85 Å². The molecule has 1 rings (SSSR count). The quantitative estimate of drug-likeness (QED) is 0.535. The maximum atomic E-state index is 5.56. The Morgan fingerprint density at radius 2 is 2.27 bits per heavy atom. The molecule has 0 saturated carbocycles. The Bertz CT molecular complexity index is 120. The monoisotopic (exact) mass is 156 g/mol. The molecule has 1 aliphatic heterocycles. The summed E-state index contributed by atoms with van der Waals surface area (Å²) in [6.07, 6.45) is 0.842. The second kappa shape index (κ2) is 4.09. The van der Waals surface area contributed by atoms with Gasteiger partial charge in [-0.25, -0.2) is 0 Å². The van der Waals surface area contributed by atoms with Gasteiger partial charge in [-0.1, -0.05) is 0 Å². The third-order valence-electron chi connectivity index (χ3n) is 1.86. The van der Waals surface area contributed by atoms with Gasteiger partial charge in [-0.05, 0) is 6.42 Å². The van der Waals surface area contributed by atoms with Gasteiger partial charge in [0.25, 0.3) is 0 Å². The first-order chi connectivity index (χ1) is 5.27. The SMILES string of the molecule is [B][C@H]1CC(OC)[C@H](COC)O1. The third-order valence-corrected chi connectivity index (χ3v) is 1.86. The molecule has 1 saturated heterocycles. The molecule has 0 aromatic carbocycles. The molecule has 0 amide bonds. The van der Waals surface area contributed by atoms with Crippen LogP contribution in [-0.2, 0) is 14.2 Å². The molecule has 3 atom stereocenters. The minimum atomic E-state index is -0.194. The summed E-state index contributed by atoms with van der Waals surface area (Å²) in [5.74, 6) is 0. The Labute approximate surface area is 68.4 Å². The van der Waals surface area contributed by atoms with Gasteiger partial charge in [0.15, 0.2) is 0 Å². The normalized spacial score (nSPS) is 37.8. The van der Waals surface area contributed by atoms with E-state index in [1.807, 2.05) is 0 Å². The third kappa shape index (κ3) is 2.19. The average Bonchev–Trinajstić information content (AvgIpc) is 2.32. The first-order valence-electron chi connectivity index (χ1n) is 3.70. The van der Waals surface area contributed by atoms with E-state index in [1.54, 1.807) is 14.2 Å². The molecule has 0 aromatic rings. The zero-order chi connectivity index (χ0) is 8.27. The Morgan fingerprint density at radius 3 is 2.82 bits per heavy atom. The summed E-state index contributed by atoms with van der Waals surface area (Å²) in [5, 5.41) is 0. The minimum Gasteiger partial charge on any atom is -0.382 e. The molecule has 11 heavy (non-hydrogen) atoms. The zero-order valence-corrected chi connectivity index (χ0v) is 6.95. The van der Waals surface area contributed by atoms with E-state index in [-0.39, 0.29) is 18.2 Å². The van der Waals surface area contributed by atoms with Gasteiger partial charge >= 0.3 is 0 Å². The maximum Gasteiger partial charge on any atom is 0.109 e. The van der Waals surface area contributed by atoms with Crippen LogP contribution < -0.4 is 0 Å².